The lowest BCUT2D eigenvalue weighted by molar-refractivity contribution is 0.0984. The quantitative estimate of drug-likeness (QED) is 0.812. The third kappa shape index (κ3) is 3.65. The van der Waals surface area contributed by atoms with Gasteiger partial charge in [-0.25, -0.2) is 8.42 Å². The molecule has 134 valence electrons. The molecule has 0 aliphatic carbocycles. The van der Waals surface area contributed by atoms with Crippen LogP contribution in [0.5, 0.6) is 0 Å². The molecule has 1 heterocycles. The number of aryl methyl sites for hydroxylation is 1. The van der Waals surface area contributed by atoms with Crippen LogP contribution in [-0.4, -0.2) is 27.1 Å². The number of nitrogens with zero attached hydrogens (tertiary/aromatic N) is 1. The van der Waals surface area contributed by atoms with Gasteiger partial charge in [-0.1, -0.05) is 12.1 Å². The number of sulfone groups is 1. The number of hydrogen-bond donors (Lipinski definition) is 1. The summed E-state index contributed by atoms with van der Waals surface area (Å²) in [7, 11) is -3.36. The Kier molecular flexibility index (Phi) is 5.44. The largest absolute Gasteiger partial charge is 0.398 e. The summed E-state index contributed by atoms with van der Waals surface area (Å²) in [4.78, 5) is 14.9. The van der Waals surface area contributed by atoms with Crippen molar-refractivity contribution >= 4 is 39.5 Å². The Balaban J connectivity index is 0.00000225. The Bertz CT molecular complexity index is 926. The van der Waals surface area contributed by atoms with Gasteiger partial charge in [0.2, 0.25) is 0 Å². The zero-order valence-corrected chi connectivity index (χ0v) is 15.8. The molecule has 0 atom stereocenters. The van der Waals surface area contributed by atoms with Gasteiger partial charge in [0.1, 0.15) is 0 Å². The van der Waals surface area contributed by atoms with Crippen LogP contribution in [0.4, 0.5) is 11.4 Å². The molecule has 5 nitrogen and oxygen atoms in total. The summed E-state index contributed by atoms with van der Waals surface area (Å²) in [6, 6.07) is 10.2. The standard InChI is InChI=1S/C18H20N2O3S.ClH/c1-12-8-9-13(24(2,22)23)11-15(12)18(21)20-10-4-5-14-16(19)6-3-7-17(14)20;/h3,6-9,11H,4-5,10,19H2,1-2H3;1H. The van der Waals surface area contributed by atoms with E-state index in [-0.39, 0.29) is 23.2 Å². The molecule has 0 radical (unpaired) electrons. The van der Waals surface area contributed by atoms with E-state index in [1.165, 1.54) is 12.1 Å². The van der Waals surface area contributed by atoms with Crippen molar-refractivity contribution in [1.29, 1.82) is 0 Å². The molecule has 0 fully saturated rings. The first-order valence-electron chi connectivity index (χ1n) is 7.79. The van der Waals surface area contributed by atoms with Crippen LogP contribution in [0.1, 0.15) is 27.9 Å². The second-order valence-corrected chi connectivity index (χ2v) is 8.17. The second-order valence-electron chi connectivity index (χ2n) is 6.15. The molecular formula is C18H21ClN2O3S. The fourth-order valence-electron chi connectivity index (χ4n) is 3.07. The first-order chi connectivity index (χ1) is 11.3. The van der Waals surface area contributed by atoms with Crippen molar-refractivity contribution in [2.24, 2.45) is 0 Å². The molecule has 1 aliphatic rings. The summed E-state index contributed by atoms with van der Waals surface area (Å²) in [5.74, 6) is -0.190. The molecule has 2 N–H and O–H groups in total. The maximum Gasteiger partial charge on any atom is 0.258 e. The first-order valence-corrected chi connectivity index (χ1v) is 9.68. The summed E-state index contributed by atoms with van der Waals surface area (Å²) in [5, 5.41) is 0. The fourth-order valence-corrected chi connectivity index (χ4v) is 3.72. The third-order valence-corrected chi connectivity index (χ3v) is 5.51. The number of anilines is 2. The number of hydrogen-bond acceptors (Lipinski definition) is 4. The Morgan fingerprint density at radius 3 is 2.60 bits per heavy atom. The number of amides is 1. The Morgan fingerprint density at radius 1 is 1.20 bits per heavy atom. The predicted octanol–water partition coefficient (Wildman–Crippen LogP) is 3.00. The van der Waals surface area contributed by atoms with Crippen molar-refractivity contribution in [3.63, 3.8) is 0 Å². The summed E-state index contributed by atoms with van der Waals surface area (Å²) < 4.78 is 23.6. The first kappa shape index (κ1) is 19.3. The number of fused-ring (bicyclic) bond motifs is 1. The van der Waals surface area contributed by atoms with E-state index in [9.17, 15) is 13.2 Å². The van der Waals surface area contributed by atoms with Crippen LogP contribution in [-0.2, 0) is 16.3 Å². The zero-order chi connectivity index (χ0) is 17.5. The topological polar surface area (TPSA) is 80.5 Å². The summed E-state index contributed by atoms with van der Waals surface area (Å²) in [5.41, 5.74) is 9.68. The number of benzene rings is 2. The molecule has 1 aliphatic heterocycles. The van der Waals surface area contributed by atoms with Crippen molar-refractivity contribution in [2.45, 2.75) is 24.7 Å². The van der Waals surface area contributed by atoms with Gasteiger partial charge in [0.15, 0.2) is 9.84 Å². The lowest BCUT2D eigenvalue weighted by Crippen LogP contribution is -2.36. The van der Waals surface area contributed by atoms with E-state index in [4.69, 9.17) is 5.73 Å². The van der Waals surface area contributed by atoms with Crippen LogP contribution in [0, 0.1) is 6.92 Å². The van der Waals surface area contributed by atoms with Gasteiger partial charge >= 0.3 is 0 Å². The van der Waals surface area contributed by atoms with Crippen molar-refractivity contribution in [2.75, 3.05) is 23.4 Å². The van der Waals surface area contributed by atoms with Gasteiger partial charge in [0.05, 0.1) is 4.90 Å². The number of rotatable bonds is 2. The maximum atomic E-state index is 13.1. The van der Waals surface area contributed by atoms with E-state index >= 15 is 0 Å². The SMILES string of the molecule is Cc1ccc(S(C)(=O)=O)cc1C(=O)N1CCCc2c(N)cccc21.Cl. The highest BCUT2D eigenvalue weighted by molar-refractivity contribution is 7.90. The molecule has 25 heavy (non-hydrogen) atoms. The van der Waals surface area contributed by atoms with Crippen molar-refractivity contribution in [3.05, 3.63) is 53.1 Å². The molecule has 2 aromatic rings. The molecule has 0 aromatic heterocycles. The maximum absolute atomic E-state index is 13.1. The molecule has 7 heteroatoms. The van der Waals surface area contributed by atoms with E-state index < -0.39 is 9.84 Å². The van der Waals surface area contributed by atoms with Gasteiger partial charge in [-0.05, 0) is 55.2 Å². The van der Waals surface area contributed by atoms with Crippen molar-refractivity contribution < 1.29 is 13.2 Å². The number of halogens is 1. The van der Waals surface area contributed by atoms with Crippen molar-refractivity contribution in [3.8, 4) is 0 Å². The van der Waals surface area contributed by atoms with E-state index in [0.717, 1.165) is 35.9 Å². The second kappa shape index (κ2) is 7.06. The molecule has 0 saturated carbocycles. The number of carbonyl (C=O) groups excluding carboxylic acids is 1. The Labute approximate surface area is 154 Å². The van der Waals surface area contributed by atoms with Crippen LogP contribution < -0.4 is 10.6 Å². The van der Waals surface area contributed by atoms with Crippen LogP contribution in [0.25, 0.3) is 0 Å². The van der Waals surface area contributed by atoms with Crippen LogP contribution in [0.3, 0.4) is 0 Å². The lowest BCUT2D eigenvalue weighted by Gasteiger charge is -2.30. The van der Waals surface area contributed by atoms with Crippen molar-refractivity contribution in [1.82, 2.24) is 0 Å². The minimum absolute atomic E-state index is 0. The molecule has 1 amide bonds. The monoisotopic (exact) mass is 380 g/mol. The molecule has 0 unspecified atom stereocenters. The van der Waals surface area contributed by atoms with Crippen LogP contribution >= 0.6 is 12.4 Å². The van der Waals surface area contributed by atoms with Gasteiger partial charge in [-0.15, -0.1) is 12.4 Å². The van der Waals surface area contributed by atoms with E-state index in [1.807, 2.05) is 25.1 Å². The molecule has 3 rings (SSSR count). The highest BCUT2D eigenvalue weighted by Gasteiger charge is 2.26. The van der Waals surface area contributed by atoms with Gasteiger partial charge in [-0.2, -0.15) is 0 Å². The minimum Gasteiger partial charge on any atom is -0.398 e. The fraction of sp³-hybridized carbons (Fsp3) is 0.278. The number of carbonyl (C=O) groups is 1. The van der Waals surface area contributed by atoms with Crippen LogP contribution in [0.2, 0.25) is 0 Å². The normalized spacial score (nSPS) is 13.8. The zero-order valence-electron chi connectivity index (χ0n) is 14.2. The third-order valence-electron chi connectivity index (χ3n) is 4.40. The molecule has 0 spiro atoms. The molecule has 2 aromatic carbocycles. The average molecular weight is 381 g/mol. The number of nitrogens with two attached hydrogens (primary N) is 1. The van der Waals surface area contributed by atoms with E-state index in [0.29, 0.717) is 17.8 Å². The van der Waals surface area contributed by atoms with E-state index in [1.54, 1.807) is 11.0 Å². The minimum atomic E-state index is -3.36. The lowest BCUT2D eigenvalue weighted by atomic mass is 9.98. The Morgan fingerprint density at radius 2 is 1.92 bits per heavy atom. The van der Waals surface area contributed by atoms with Gasteiger partial charge in [0.25, 0.3) is 5.91 Å². The van der Waals surface area contributed by atoms with E-state index in [2.05, 4.69) is 0 Å². The molecular weight excluding hydrogens is 360 g/mol. The smallest absolute Gasteiger partial charge is 0.258 e. The molecule has 0 bridgehead atoms. The number of nitrogen functional groups attached to an aromatic ring is 1. The molecule has 0 saturated heterocycles. The summed E-state index contributed by atoms with van der Waals surface area (Å²) in [6.45, 7) is 2.40. The highest BCUT2D eigenvalue weighted by atomic mass is 35.5. The summed E-state index contributed by atoms with van der Waals surface area (Å²) in [6.07, 6.45) is 2.81. The Hall–Kier alpha value is -2.05. The van der Waals surface area contributed by atoms with Gasteiger partial charge < -0.3 is 10.6 Å². The predicted molar refractivity (Wildman–Crippen MR) is 102 cm³/mol. The highest BCUT2D eigenvalue weighted by Crippen LogP contribution is 2.32. The van der Waals surface area contributed by atoms with Crippen LogP contribution in [0.15, 0.2) is 41.3 Å². The van der Waals surface area contributed by atoms with Gasteiger partial charge in [-0.3, -0.25) is 4.79 Å². The van der Waals surface area contributed by atoms with Gasteiger partial charge in [0, 0.05) is 29.7 Å². The average Bonchev–Trinajstić information content (AvgIpc) is 2.53. The summed E-state index contributed by atoms with van der Waals surface area (Å²) >= 11 is 0.